The van der Waals surface area contributed by atoms with Gasteiger partial charge in [0.15, 0.2) is 5.96 Å². The second-order valence-corrected chi connectivity index (χ2v) is 8.03. The first-order chi connectivity index (χ1) is 12.7. The Morgan fingerprint density at radius 3 is 2.70 bits per heavy atom. The molecule has 0 radical (unpaired) electrons. The van der Waals surface area contributed by atoms with Gasteiger partial charge in [0.1, 0.15) is 0 Å². The highest BCUT2D eigenvalue weighted by atomic mass is 127. The Bertz CT molecular complexity index is 675. The molecule has 2 N–H and O–H groups in total. The Morgan fingerprint density at radius 1 is 1.22 bits per heavy atom. The molecule has 0 saturated carbocycles. The summed E-state index contributed by atoms with van der Waals surface area (Å²) in [7, 11) is 1.86. The zero-order valence-corrected chi connectivity index (χ0v) is 19.4. The van der Waals surface area contributed by atoms with Gasteiger partial charge in [-0.25, -0.2) is 0 Å². The molecule has 4 nitrogen and oxygen atoms in total. The van der Waals surface area contributed by atoms with Gasteiger partial charge in [-0.15, -0.1) is 35.3 Å². The van der Waals surface area contributed by atoms with E-state index < -0.39 is 0 Å². The highest BCUT2D eigenvalue weighted by Gasteiger charge is 2.25. The Balaban J connectivity index is 0.00000261. The van der Waals surface area contributed by atoms with Gasteiger partial charge in [0.05, 0.1) is 0 Å². The lowest BCUT2D eigenvalue weighted by atomic mass is 9.97. The Hall–Kier alpha value is -1.12. The molecular formula is C21H31IN4S. The summed E-state index contributed by atoms with van der Waals surface area (Å²) in [5.41, 5.74) is 1.40. The second-order valence-electron chi connectivity index (χ2n) is 7.00. The molecule has 1 saturated heterocycles. The van der Waals surface area contributed by atoms with Crippen LogP contribution < -0.4 is 10.6 Å². The minimum Gasteiger partial charge on any atom is -0.356 e. The van der Waals surface area contributed by atoms with Crippen LogP contribution in [-0.4, -0.2) is 43.1 Å². The summed E-state index contributed by atoms with van der Waals surface area (Å²) in [6.45, 7) is 5.43. The van der Waals surface area contributed by atoms with Crippen LogP contribution in [0.15, 0.2) is 52.8 Å². The minimum absolute atomic E-state index is 0. The lowest BCUT2D eigenvalue weighted by Crippen LogP contribution is -2.51. The van der Waals surface area contributed by atoms with Crippen LogP contribution in [0.2, 0.25) is 0 Å². The van der Waals surface area contributed by atoms with E-state index in [1.807, 2.05) is 18.4 Å². The summed E-state index contributed by atoms with van der Waals surface area (Å²) in [4.78, 5) is 8.39. The van der Waals surface area contributed by atoms with Crippen molar-refractivity contribution in [2.24, 2.45) is 4.99 Å². The predicted molar refractivity (Wildman–Crippen MR) is 127 cm³/mol. The first-order valence-corrected chi connectivity index (χ1v) is 10.4. The number of nitrogens with one attached hydrogen (secondary N) is 2. The zero-order valence-electron chi connectivity index (χ0n) is 16.2. The van der Waals surface area contributed by atoms with Crippen molar-refractivity contribution in [2.45, 2.75) is 44.8 Å². The van der Waals surface area contributed by atoms with Gasteiger partial charge in [-0.1, -0.05) is 36.4 Å². The third kappa shape index (κ3) is 7.08. The normalized spacial score (nSPS) is 20.7. The van der Waals surface area contributed by atoms with E-state index in [0.29, 0.717) is 12.1 Å². The van der Waals surface area contributed by atoms with E-state index in [0.717, 1.165) is 44.9 Å². The number of hydrogen-bond donors (Lipinski definition) is 2. The average Bonchev–Trinajstić information content (AvgIpc) is 3.17. The van der Waals surface area contributed by atoms with Gasteiger partial charge in [0.25, 0.3) is 0 Å². The Labute approximate surface area is 184 Å². The fourth-order valence-corrected chi connectivity index (χ4v) is 4.26. The number of nitrogens with zero attached hydrogens (tertiary/aromatic N) is 2. The molecule has 3 rings (SSSR count). The molecule has 2 unspecified atom stereocenters. The fraction of sp³-hybridized carbons (Fsp3) is 0.476. The molecular weight excluding hydrogens is 467 g/mol. The highest BCUT2D eigenvalue weighted by molar-refractivity contribution is 14.0. The van der Waals surface area contributed by atoms with E-state index in [1.165, 1.54) is 10.4 Å². The van der Waals surface area contributed by atoms with Crippen LogP contribution in [0.25, 0.3) is 0 Å². The lowest BCUT2D eigenvalue weighted by Gasteiger charge is -2.38. The number of thiophene rings is 1. The number of likely N-dealkylation sites (tertiary alicyclic amines) is 1. The summed E-state index contributed by atoms with van der Waals surface area (Å²) >= 11 is 1.81. The number of guanidine groups is 1. The van der Waals surface area contributed by atoms with E-state index in [-0.39, 0.29) is 24.0 Å². The summed E-state index contributed by atoms with van der Waals surface area (Å²) < 4.78 is 0. The van der Waals surface area contributed by atoms with Crippen molar-refractivity contribution in [3.8, 4) is 0 Å². The van der Waals surface area contributed by atoms with Crippen LogP contribution in [0, 0.1) is 0 Å². The van der Waals surface area contributed by atoms with Crippen molar-refractivity contribution in [1.82, 2.24) is 15.5 Å². The van der Waals surface area contributed by atoms with Crippen LogP contribution >= 0.6 is 35.3 Å². The molecule has 2 atom stereocenters. The van der Waals surface area contributed by atoms with Crippen molar-refractivity contribution in [3.63, 3.8) is 0 Å². The fourth-order valence-electron chi connectivity index (χ4n) is 3.55. The van der Waals surface area contributed by atoms with Crippen LogP contribution in [0.4, 0.5) is 0 Å². The first kappa shape index (κ1) is 22.2. The van der Waals surface area contributed by atoms with Gasteiger partial charge in [0.2, 0.25) is 0 Å². The maximum Gasteiger partial charge on any atom is 0.191 e. The third-order valence-electron chi connectivity index (χ3n) is 5.05. The van der Waals surface area contributed by atoms with Crippen LogP contribution in [0.5, 0.6) is 0 Å². The predicted octanol–water partition coefficient (Wildman–Crippen LogP) is 4.13. The molecule has 0 spiro atoms. The van der Waals surface area contributed by atoms with Gasteiger partial charge in [-0.3, -0.25) is 9.89 Å². The van der Waals surface area contributed by atoms with Crippen LogP contribution in [0.3, 0.4) is 0 Å². The molecule has 0 aliphatic carbocycles. The van der Waals surface area contributed by atoms with Crippen molar-refractivity contribution in [3.05, 3.63) is 58.3 Å². The average molecular weight is 498 g/mol. The Morgan fingerprint density at radius 2 is 2.04 bits per heavy atom. The molecule has 2 heterocycles. The molecule has 2 aromatic rings. The SMILES string of the molecule is CN=C(NCCc1cccs1)NC1CCN(Cc2ccccc2)C(C)C1.I. The van der Waals surface area contributed by atoms with Crippen LogP contribution in [-0.2, 0) is 13.0 Å². The smallest absolute Gasteiger partial charge is 0.191 e. The van der Waals surface area contributed by atoms with Crippen molar-refractivity contribution in [1.29, 1.82) is 0 Å². The number of benzene rings is 1. The number of piperidine rings is 1. The zero-order chi connectivity index (χ0) is 18.2. The van der Waals surface area contributed by atoms with E-state index in [1.54, 1.807) is 0 Å². The second kappa shape index (κ2) is 11.7. The molecule has 1 fully saturated rings. The maximum atomic E-state index is 4.40. The lowest BCUT2D eigenvalue weighted by molar-refractivity contribution is 0.134. The quantitative estimate of drug-likeness (QED) is 0.358. The van der Waals surface area contributed by atoms with E-state index in [2.05, 4.69) is 75.3 Å². The monoisotopic (exact) mass is 498 g/mol. The third-order valence-corrected chi connectivity index (χ3v) is 5.99. The van der Waals surface area contributed by atoms with Gasteiger partial charge in [-0.2, -0.15) is 0 Å². The maximum absolute atomic E-state index is 4.40. The molecule has 1 aromatic carbocycles. The molecule has 1 aliphatic heterocycles. The van der Waals surface area contributed by atoms with Crippen LogP contribution in [0.1, 0.15) is 30.2 Å². The number of rotatable bonds is 6. The molecule has 1 aliphatic rings. The molecule has 148 valence electrons. The molecule has 27 heavy (non-hydrogen) atoms. The Kier molecular flexibility index (Phi) is 9.58. The number of hydrogen-bond acceptors (Lipinski definition) is 3. The summed E-state index contributed by atoms with van der Waals surface area (Å²) in [6.07, 6.45) is 3.35. The number of halogens is 1. The van der Waals surface area contributed by atoms with Gasteiger partial charge in [0, 0.05) is 43.6 Å². The standard InChI is InChI=1S/C21H30N4S.HI/c1-17-15-19(11-13-25(17)16-18-7-4-3-5-8-18)24-21(22-2)23-12-10-20-9-6-14-26-20;/h3-9,14,17,19H,10-13,15-16H2,1-2H3,(H2,22,23,24);1H. The number of aliphatic imine (C=N–C) groups is 1. The summed E-state index contributed by atoms with van der Waals surface area (Å²) in [6, 6.07) is 16.1. The van der Waals surface area contributed by atoms with E-state index in [4.69, 9.17) is 0 Å². The van der Waals surface area contributed by atoms with Crippen molar-refractivity contribution < 1.29 is 0 Å². The first-order valence-electron chi connectivity index (χ1n) is 9.52. The van der Waals surface area contributed by atoms with Gasteiger partial charge >= 0.3 is 0 Å². The van der Waals surface area contributed by atoms with Crippen molar-refractivity contribution in [2.75, 3.05) is 20.1 Å². The highest BCUT2D eigenvalue weighted by Crippen LogP contribution is 2.20. The molecule has 0 amide bonds. The van der Waals surface area contributed by atoms with Gasteiger partial charge < -0.3 is 10.6 Å². The minimum atomic E-state index is 0. The summed E-state index contributed by atoms with van der Waals surface area (Å²) in [5.74, 6) is 0.926. The van der Waals surface area contributed by atoms with E-state index >= 15 is 0 Å². The molecule has 1 aromatic heterocycles. The topological polar surface area (TPSA) is 39.7 Å². The molecule has 6 heteroatoms. The van der Waals surface area contributed by atoms with Crippen molar-refractivity contribution >= 4 is 41.3 Å². The van der Waals surface area contributed by atoms with E-state index in [9.17, 15) is 0 Å². The van der Waals surface area contributed by atoms with Gasteiger partial charge in [-0.05, 0) is 43.2 Å². The largest absolute Gasteiger partial charge is 0.356 e. The summed E-state index contributed by atoms with van der Waals surface area (Å²) in [5, 5.41) is 9.20. The molecule has 0 bridgehead atoms.